The van der Waals surface area contributed by atoms with Crippen LogP contribution in [0.3, 0.4) is 0 Å². The van der Waals surface area contributed by atoms with Gasteiger partial charge in [0, 0.05) is 37.2 Å². The molecule has 3 rings (SSSR count). The molecule has 0 bridgehead atoms. The van der Waals surface area contributed by atoms with E-state index in [1.54, 1.807) is 0 Å². The van der Waals surface area contributed by atoms with Crippen LogP contribution in [0.15, 0.2) is 57.9 Å². The number of halogens is 1. The summed E-state index contributed by atoms with van der Waals surface area (Å²) >= 11 is 3.43. The number of nitriles is 1. The molecule has 0 amide bonds. The molecule has 1 aliphatic heterocycles. The van der Waals surface area contributed by atoms with Crippen molar-refractivity contribution in [3.8, 4) is 6.07 Å². The summed E-state index contributed by atoms with van der Waals surface area (Å²) in [6.07, 6.45) is 0. The minimum Gasteiger partial charge on any atom is -0.296 e. The smallest absolute Gasteiger partial charge is 0.243 e. The van der Waals surface area contributed by atoms with Crippen molar-refractivity contribution in [2.75, 3.05) is 26.2 Å². The first-order valence-electron chi connectivity index (χ1n) is 7.96. The van der Waals surface area contributed by atoms with Gasteiger partial charge in [-0.1, -0.05) is 28.1 Å². The normalized spacial score (nSPS) is 16.5. The predicted octanol–water partition coefficient (Wildman–Crippen LogP) is 2.83. The van der Waals surface area contributed by atoms with E-state index < -0.39 is 10.0 Å². The molecule has 0 atom stereocenters. The Morgan fingerprint density at radius 1 is 0.960 bits per heavy atom. The Balaban J connectivity index is 1.62. The Morgan fingerprint density at radius 3 is 2.12 bits per heavy atom. The highest BCUT2D eigenvalue weighted by molar-refractivity contribution is 9.10. The maximum Gasteiger partial charge on any atom is 0.243 e. The summed E-state index contributed by atoms with van der Waals surface area (Å²) in [7, 11) is -3.50. The van der Waals surface area contributed by atoms with Gasteiger partial charge < -0.3 is 0 Å². The molecule has 0 unspecified atom stereocenters. The molecular weight excluding hydrogens is 402 g/mol. The SMILES string of the molecule is N#Cc1ccc(S(=O)(=O)N2CCN(Cc3ccc(Br)cc3)CC2)cc1. The lowest BCUT2D eigenvalue weighted by Gasteiger charge is -2.34. The Morgan fingerprint density at radius 2 is 1.56 bits per heavy atom. The van der Waals surface area contributed by atoms with Crippen LogP contribution in [-0.4, -0.2) is 43.8 Å². The fourth-order valence-corrected chi connectivity index (χ4v) is 4.51. The molecule has 1 heterocycles. The van der Waals surface area contributed by atoms with Crippen molar-refractivity contribution in [2.24, 2.45) is 0 Å². The second kappa shape index (κ2) is 7.67. The van der Waals surface area contributed by atoms with Gasteiger partial charge in [-0.2, -0.15) is 9.57 Å². The van der Waals surface area contributed by atoms with E-state index >= 15 is 0 Å². The molecule has 2 aromatic carbocycles. The zero-order chi connectivity index (χ0) is 17.9. The van der Waals surface area contributed by atoms with Crippen LogP contribution in [0.2, 0.25) is 0 Å². The van der Waals surface area contributed by atoms with Crippen molar-refractivity contribution in [2.45, 2.75) is 11.4 Å². The minimum absolute atomic E-state index is 0.243. The van der Waals surface area contributed by atoms with Crippen LogP contribution >= 0.6 is 15.9 Å². The van der Waals surface area contributed by atoms with Crippen molar-refractivity contribution >= 4 is 26.0 Å². The first kappa shape index (κ1) is 18.1. The van der Waals surface area contributed by atoms with Crippen LogP contribution < -0.4 is 0 Å². The number of piperazine rings is 1. The second-order valence-electron chi connectivity index (χ2n) is 5.94. The zero-order valence-corrected chi connectivity index (χ0v) is 16.0. The average molecular weight is 420 g/mol. The quantitative estimate of drug-likeness (QED) is 0.763. The first-order chi connectivity index (χ1) is 12.0. The summed E-state index contributed by atoms with van der Waals surface area (Å²) in [4.78, 5) is 2.50. The molecule has 0 spiro atoms. The third-order valence-corrected chi connectivity index (χ3v) is 6.71. The number of hydrogen-bond donors (Lipinski definition) is 0. The van der Waals surface area contributed by atoms with E-state index in [0.717, 1.165) is 11.0 Å². The molecule has 7 heteroatoms. The van der Waals surface area contributed by atoms with Gasteiger partial charge in [-0.3, -0.25) is 4.90 Å². The lowest BCUT2D eigenvalue weighted by atomic mass is 10.2. The van der Waals surface area contributed by atoms with E-state index in [-0.39, 0.29) is 4.90 Å². The van der Waals surface area contributed by atoms with E-state index in [4.69, 9.17) is 5.26 Å². The molecule has 0 aliphatic carbocycles. The molecule has 5 nitrogen and oxygen atoms in total. The Labute approximate surface area is 156 Å². The van der Waals surface area contributed by atoms with E-state index in [9.17, 15) is 8.42 Å². The number of rotatable bonds is 4. The van der Waals surface area contributed by atoms with Gasteiger partial charge in [-0.15, -0.1) is 0 Å². The number of sulfonamides is 1. The number of benzene rings is 2. The third kappa shape index (κ3) is 4.28. The predicted molar refractivity (Wildman–Crippen MR) is 99.3 cm³/mol. The van der Waals surface area contributed by atoms with Gasteiger partial charge in [-0.25, -0.2) is 8.42 Å². The highest BCUT2D eigenvalue weighted by Crippen LogP contribution is 2.19. The molecule has 1 saturated heterocycles. The van der Waals surface area contributed by atoms with E-state index in [2.05, 4.69) is 33.0 Å². The third-order valence-electron chi connectivity index (χ3n) is 4.27. The van der Waals surface area contributed by atoms with Crippen LogP contribution in [0, 0.1) is 11.3 Å². The van der Waals surface area contributed by atoms with E-state index in [1.807, 2.05) is 18.2 Å². The standard InChI is InChI=1S/C18H18BrN3O2S/c19-17-5-1-16(2-6-17)14-21-9-11-22(12-10-21)25(23,24)18-7-3-15(13-20)4-8-18/h1-8H,9-12,14H2. The summed E-state index contributed by atoms with van der Waals surface area (Å²) < 4.78 is 28.0. The molecule has 130 valence electrons. The van der Waals surface area contributed by atoms with Crippen LogP contribution in [0.1, 0.15) is 11.1 Å². The summed E-state index contributed by atoms with van der Waals surface area (Å²) in [6.45, 7) is 3.16. The minimum atomic E-state index is -3.50. The monoisotopic (exact) mass is 419 g/mol. The highest BCUT2D eigenvalue weighted by atomic mass is 79.9. The maximum atomic E-state index is 12.7. The van der Waals surface area contributed by atoms with Crippen LogP contribution in [-0.2, 0) is 16.6 Å². The molecule has 1 aliphatic rings. The lowest BCUT2D eigenvalue weighted by Crippen LogP contribution is -2.48. The topological polar surface area (TPSA) is 64.4 Å². The van der Waals surface area contributed by atoms with Crippen LogP contribution in [0.25, 0.3) is 0 Å². The van der Waals surface area contributed by atoms with Gasteiger partial charge in [-0.05, 0) is 42.0 Å². The molecule has 0 radical (unpaired) electrons. The Kier molecular flexibility index (Phi) is 5.54. The van der Waals surface area contributed by atoms with Crippen molar-refractivity contribution in [3.63, 3.8) is 0 Å². The Hall–Kier alpha value is -1.72. The summed E-state index contributed by atoms with van der Waals surface area (Å²) in [5.41, 5.74) is 1.67. The molecular formula is C18H18BrN3O2S. The summed E-state index contributed by atoms with van der Waals surface area (Å²) in [5, 5.41) is 8.83. The molecule has 0 N–H and O–H groups in total. The van der Waals surface area contributed by atoms with E-state index in [1.165, 1.54) is 34.1 Å². The highest BCUT2D eigenvalue weighted by Gasteiger charge is 2.28. The van der Waals surface area contributed by atoms with Crippen LogP contribution in [0.4, 0.5) is 0 Å². The number of nitrogens with zero attached hydrogens (tertiary/aromatic N) is 3. The second-order valence-corrected chi connectivity index (χ2v) is 8.80. The average Bonchev–Trinajstić information content (AvgIpc) is 2.64. The zero-order valence-electron chi connectivity index (χ0n) is 13.6. The first-order valence-corrected chi connectivity index (χ1v) is 10.2. The number of hydrogen-bond acceptors (Lipinski definition) is 4. The molecule has 0 aromatic heterocycles. The van der Waals surface area contributed by atoms with Crippen LogP contribution in [0.5, 0.6) is 0 Å². The largest absolute Gasteiger partial charge is 0.296 e. The molecule has 2 aromatic rings. The van der Waals surface area contributed by atoms with Crippen molar-refractivity contribution in [1.29, 1.82) is 5.26 Å². The Bertz CT molecular complexity index is 866. The van der Waals surface area contributed by atoms with Gasteiger partial charge in [0.05, 0.1) is 16.5 Å². The maximum absolute atomic E-state index is 12.7. The van der Waals surface area contributed by atoms with E-state index in [0.29, 0.717) is 31.7 Å². The molecule has 0 saturated carbocycles. The van der Waals surface area contributed by atoms with Gasteiger partial charge in [0.15, 0.2) is 0 Å². The van der Waals surface area contributed by atoms with Crippen molar-refractivity contribution in [3.05, 3.63) is 64.1 Å². The van der Waals surface area contributed by atoms with Crippen molar-refractivity contribution in [1.82, 2.24) is 9.21 Å². The van der Waals surface area contributed by atoms with Crippen molar-refractivity contribution < 1.29 is 8.42 Å². The fourth-order valence-electron chi connectivity index (χ4n) is 2.83. The molecule has 25 heavy (non-hydrogen) atoms. The summed E-state index contributed by atoms with van der Waals surface area (Å²) in [6, 6.07) is 16.3. The lowest BCUT2D eigenvalue weighted by molar-refractivity contribution is 0.181. The fraction of sp³-hybridized carbons (Fsp3) is 0.278. The van der Waals surface area contributed by atoms with Gasteiger partial charge >= 0.3 is 0 Å². The molecule has 1 fully saturated rings. The van der Waals surface area contributed by atoms with Gasteiger partial charge in [0.2, 0.25) is 10.0 Å². The van der Waals surface area contributed by atoms with Gasteiger partial charge in [0.1, 0.15) is 0 Å². The van der Waals surface area contributed by atoms with Gasteiger partial charge in [0.25, 0.3) is 0 Å². The summed E-state index contributed by atoms with van der Waals surface area (Å²) in [5.74, 6) is 0.